The zero-order valence-corrected chi connectivity index (χ0v) is 13.1. The van der Waals surface area contributed by atoms with E-state index < -0.39 is 17.6 Å². The minimum absolute atomic E-state index is 0.0990. The number of amides is 2. The number of carbonyl (C=O) groups excluding carboxylic acids is 2. The molecule has 1 aromatic carbocycles. The molecule has 25 heavy (non-hydrogen) atoms. The van der Waals surface area contributed by atoms with Crippen LogP contribution in [0.2, 0.25) is 0 Å². The lowest BCUT2D eigenvalue weighted by atomic mass is 10.00. The van der Waals surface area contributed by atoms with Crippen LogP contribution in [0.1, 0.15) is 26.3 Å². The third kappa shape index (κ3) is 3.37. The van der Waals surface area contributed by atoms with Crippen molar-refractivity contribution in [1.29, 1.82) is 0 Å². The largest absolute Gasteiger partial charge is 0.366 e. The van der Waals surface area contributed by atoms with Crippen molar-refractivity contribution in [2.45, 2.75) is 6.92 Å². The van der Waals surface area contributed by atoms with Crippen LogP contribution in [0.5, 0.6) is 0 Å². The standard InChI is InChI=1S/C17H13FN4O3/c1-9-12(14-3-2-10(8-20-14)16(19)23)6-11(7-13(9)18)17(24)21-15-4-5-25-22-15/h2-8H,1H3,(H2,19,23)(H,21,22,24). The number of pyridine rings is 1. The maximum absolute atomic E-state index is 14.3. The molecule has 0 unspecified atom stereocenters. The van der Waals surface area contributed by atoms with Crippen molar-refractivity contribution in [1.82, 2.24) is 10.1 Å². The van der Waals surface area contributed by atoms with Gasteiger partial charge in [0.2, 0.25) is 5.91 Å². The van der Waals surface area contributed by atoms with Crippen LogP contribution in [0.3, 0.4) is 0 Å². The van der Waals surface area contributed by atoms with E-state index in [2.05, 4.69) is 20.0 Å². The first-order valence-electron chi connectivity index (χ1n) is 7.24. The van der Waals surface area contributed by atoms with Crippen molar-refractivity contribution in [2.75, 3.05) is 5.32 Å². The third-order valence-corrected chi connectivity index (χ3v) is 3.61. The number of hydrogen-bond acceptors (Lipinski definition) is 5. The minimum atomic E-state index is -0.609. The molecule has 0 aliphatic heterocycles. The monoisotopic (exact) mass is 340 g/mol. The van der Waals surface area contributed by atoms with Gasteiger partial charge in [0.25, 0.3) is 5.91 Å². The van der Waals surface area contributed by atoms with Crippen LogP contribution in [0.4, 0.5) is 10.2 Å². The summed E-state index contributed by atoms with van der Waals surface area (Å²) >= 11 is 0. The maximum Gasteiger partial charge on any atom is 0.257 e. The second-order valence-electron chi connectivity index (χ2n) is 5.27. The van der Waals surface area contributed by atoms with Gasteiger partial charge in [-0.1, -0.05) is 5.16 Å². The molecule has 3 aromatic rings. The van der Waals surface area contributed by atoms with Crippen LogP contribution in [-0.2, 0) is 0 Å². The molecule has 126 valence electrons. The highest BCUT2D eigenvalue weighted by Gasteiger charge is 2.16. The van der Waals surface area contributed by atoms with Crippen LogP contribution < -0.4 is 11.1 Å². The molecule has 0 bridgehead atoms. The molecule has 2 amide bonds. The molecule has 3 rings (SSSR count). The average molecular weight is 340 g/mol. The Morgan fingerprint density at radius 3 is 2.60 bits per heavy atom. The van der Waals surface area contributed by atoms with Crippen molar-refractivity contribution in [2.24, 2.45) is 5.73 Å². The lowest BCUT2D eigenvalue weighted by Crippen LogP contribution is -2.13. The predicted octanol–water partition coefficient (Wildman–Crippen LogP) is 2.54. The SMILES string of the molecule is Cc1c(F)cc(C(=O)Nc2ccon2)cc1-c1ccc(C(N)=O)cn1. The minimum Gasteiger partial charge on any atom is -0.366 e. The molecule has 0 fully saturated rings. The molecule has 0 aliphatic rings. The number of primary amides is 1. The Bertz CT molecular complexity index is 937. The average Bonchev–Trinajstić information content (AvgIpc) is 3.10. The Labute approximate surface area is 141 Å². The summed E-state index contributed by atoms with van der Waals surface area (Å²) in [5.74, 6) is -1.48. The summed E-state index contributed by atoms with van der Waals surface area (Å²) in [5, 5.41) is 6.07. The molecule has 7 nitrogen and oxygen atoms in total. The summed E-state index contributed by atoms with van der Waals surface area (Å²) in [4.78, 5) is 27.5. The molecule has 0 spiro atoms. The summed E-state index contributed by atoms with van der Waals surface area (Å²) < 4.78 is 18.9. The van der Waals surface area contributed by atoms with Gasteiger partial charge in [0, 0.05) is 23.4 Å². The van der Waals surface area contributed by atoms with E-state index in [1.165, 1.54) is 30.7 Å². The smallest absolute Gasteiger partial charge is 0.257 e. The maximum atomic E-state index is 14.3. The lowest BCUT2D eigenvalue weighted by molar-refractivity contribution is 0.0997. The number of anilines is 1. The van der Waals surface area contributed by atoms with Crippen LogP contribution in [0.25, 0.3) is 11.3 Å². The molecular weight excluding hydrogens is 327 g/mol. The summed E-state index contributed by atoms with van der Waals surface area (Å²) in [6.07, 6.45) is 2.61. The second kappa shape index (κ2) is 6.52. The molecule has 3 N–H and O–H groups in total. The Morgan fingerprint density at radius 1 is 1.20 bits per heavy atom. The predicted molar refractivity (Wildman–Crippen MR) is 87.3 cm³/mol. The van der Waals surface area contributed by atoms with Crippen molar-refractivity contribution >= 4 is 17.6 Å². The number of benzene rings is 1. The normalized spacial score (nSPS) is 10.5. The molecule has 0 aliphatic carbocycles. The highest BCUT2D eigenvalue weighted by atomic mass is 19.1. The van der Waals surface area contributed by atoms with Gasteiger partial charge in [-0.2, -0.15) is 0 Å². The first kappa shape index (κ1) is 16.3. The molecular formula is C17H13FN4O3. The molecule has 8 heteroatoms. The van der Waals surface area contributed by atoms with Crippen LogP contribution in [0, 0.1) is 12.7 Å². The van der Waals surface area contributed by atoms with Gasteiger partial charge in [0.05, 0.1) is 11.3 Å². The fourth-order valence-electron chi connectivity index (χ4n) is 2.24. The van der Waals surface area contributed by atoms with Crippen LogP contribution in [0.15, 0.2) is 47.3 Å². The van der Waals surface area contributed by atoms with Crippen molar-refractivity contribution in [3.05, 3.63) is 65.3 Å². The van der Waals surface area contributed by atoms with E-state index in [0.29, 0.717) is 16.8 Å². The van der Waals surface area contributed by atoms with Gasteiger partial charge in [-0.15, -0.1) is 0 Å². The topological polar surface area (TPSA) is 111 Å². The number of rotatable bonds is 4. The van der Waals surface area contributed by atoms with Crippen LogP contribution in [-0.4, -0.2) is 22.0 Å². The number of hydrogen-bond donors (Lipinski definition) is 2. The first-order valence-corrected chi connectivity index (χ1v) is 7.24. The molecule has 0 atom stereocenters. The molecule has 2 heterocycles. The summed E-state index contributed by atoms with van der Waals surface area (Å²) in [7, 11) is 0. The quantitative estimate of drug-likeness (QED) is 0.758. The van der Waals surface area contributed by atoms with Gasteiger partial charge in [0.15, 0.2) is 5.82 Å². The zero-order valence-electron chi connectivity index (χ0n) is 13.1. The fourth-order valence-corrected chi connectivity index (χ4v) is 2.24. The van der Waals surface area contributed by atoms with Crippen molar-refractivity contribution < 1.29 is 18.5 Å². The Morgan fingerprint density at radius 2 is 2.00 bits per heavy atom. The number of nitrogens with zero attached hydrogens (tertiary/aromatic N) is 2. The summed E-state index contributed by atoms with van der Waals surface area (Å²) in [6, 6.07) is 7.14. The third-order valence-electron chi connectivity index (χ3n) is 3.61. The summed E-state index contributed by atoms with van der Waals surface area (Å²) in [5.41, 5.74) is 6.69. The van der Waals surface area contributed by atoms with Crippen LogP contribution >= 0.6 is 0 Å². The summed E-state index contributed by atoms with van der Waals surface area (Å²) in [6.45, 7) is 1.58. The van der Waals surface area contributed by atoms with E-state index in [-0.39, 0.29) is 16.9 Å². The van der Waals surface area contributed by atoms with Gasteiger partial charge >= 0.3 is 0 Å². The molecule has 0 radical (unpaired) electrons. The van der Waals surface area contributed by atoms with Gasteiger partial charge in [-0.3, -0.25) is 14.6 Å². The molecule has 2 aromatic heterocycles. The van der Waals surface area contributed by atoms with E-state index in [1.807, 2.05) is 0 Å². The number of nitrogens with one attached hydrogen (secondary N) is 1. The number of carbonyl (C=O) groups is 2. The van der Waals surface area contributed by atoms with Crippen molar-refractivity contribution in [3.8, 4) is 11.3 Å². The van der Waals surface area contributed by atoms with Gasteiger partial charge in [-0.05, 0) is 36.8 Å². The lowest BCUT2D eigenvalue weighted by Gasteiger charge is -2.10. The van der Waals surface area contributed by atoms with Gasteiger partial charge in [0.1, 0.15) is 12.1 Å². The van der Waals surface area contributed by atoms with Gasteiger partial charge < -0.3 is 15.6 Å². The van der Waals surface area contributed by atoms with Gasteiger partial charge in [-0.25, -0.2) is 4.39 Å². The van der Waals surface area contributed by atoms with E-state index in [9.17, 15) is 14.0 Å². The Balaban J connectivity index is 1.98. The fraction of sp³-hybridized carbons (Fsp3) is 0.0588. The number of aromatic nitrogens is 2. The highest BCUT2D eigenvalue weighted by Crippen LogP contribution is 2.26. The first-order chi connectivity index (χ1) is 12.0. The number of halogens is 1. The molecule has 0 saturated heterocycles. The zero-order chi connectivity index (χ0) is 18.0. The van der Waals surface area contributed by atoms with E-state index in [1.54, 1.807) is 13.0 Å². The van der Waals surface area contributed by atoms with Crippen molar-refractivity contribution in [3.63, 3.8) is 0 Å². The Hall–Kier alpha value is -3.55. The Kier molecular flexibility index (Phi) is 4.25. The number of nitrogens with two attached hydrogens (primary N) is 1. The van der Waals surface area contributed by atoms with E-state index in [0.717, 1.165) is 6.07 Å². The highest BCUT2D eigenvalue weighted by molar-refractivity contribution is 6.04. The second-order valence-corrected chi connectivity index (χ2v) is 5.27. The van der Waals surface area contributed by atoms with E-state index >= 15 is 0 Å². The molecule has 0 saturated carbocycles. The van der Waals surface area contributed by atoms with E-state index in [4.69, 9.17) is 5.73 Å².